The molecule has 0 N–H and O–H groups in total. The van der Waals surface area contributed by atoms with Crippen molar-refractivity contribution in [2.45, 2.75) is 64.5 Å². The van der Waals surface area contributed by atoms with Crippen molar-refractivity contribution in [3.63, 3.8) is 0 Å². The van der Waals surface area contributed by atoms with Crippen LogP contribution in [0.15, 0.2) is 47.5 Å². The highest BCUT2D eigenvalue weighted by atomic mass is 35.5. The molecule has 1 atom stereocenters. The molecule has 1 aromatic heterocycles. The SMILES string of the molecule is CC(C)(C)[C@H](/C=C\c1ccc(Cl)cc1Cl)n1nnnc1C1(N=Cc2ccc(Cl)cc2Cl)CCCCC1. The molecule has 4 rings (SSSR count). The Hall–Kier alpha value is -1.92. The first-order valence-corrected chi connectivity index (χ1v) is 13.5. The van der Waals surface area contributed by atoms with E-state index in [1.807, 2.05) is 41.2 Å². The molecule has 1 fully saturated rings. The molecule has 1 heterocycles. The van der Waals surface area contributed by atoms with Gasteiger partial charge in [-0.15, -0.1) is 5.10 Å². The molecule has 1 aliphatic carbocycles. The summed E-state index contributed by atoms with van der Waals surface area (Å²) in [4.78, 5) is 5.11. The van der Waals surface area contributed by atoms with Crippen molar-refractivity contribution >= 4 is 58.7 Å². The quantitative estimate of drug-likeness (QED) is 0.281. The van der Waals surface area contributed by atoms with Crippen LogP contribution in [0.2, 0.25) is 20.1 Å². The Kier molecular flexibility index (Phi) is 8.45. The molecule has 0 saturated heterocycles. The van der Waals surface area contributed by atoms with E-state index in [0.29, 0.717) is 20.1 Å². The molecule has 190 valence electrons. The zero-order valence-electron chi connectivity index (χ0n) is 20.6. The van der Waals surface area contributed by atoms with E-state index in [9.17, 15) is 0 Å². The minimum Gasteiger partial charge on any atom is -0.278 e. The highest BCUT2D eigenvalue weighted by Gasteiger charge is 2.41. The Balaban J connectivity index is 1.75. The zero-order chi connectivity index (χ0) is 25.9. The maximum Gasteiger partial charge on any atom is 0.179 e. The van der Waals surface area contributed by atoms with Crippen LogP contribution in [0.25, 0.3) is 6.08 Å². The average Bonchev–Trinajstić information content (AvgIpc) is 3.30. The lowest BCUT2D eigenvalue weighted by Gasteiger charge is -2.35. The van der Waals surface area contributed by atoms with Crippen LogP contribution in [-0.2, 0) is 5.54 Å². The predicted octanol–water partition coefficient (Wildman–Crippen LogP) is 8.87. The van der Waals surface area contributed by atoms with Gasteiger partial charge in [0.1, 0.15) is 5.54 Å². The molecule has 0 amide bonds. The van der Waals surface area contributed by atoms with Crippen LogP contribution in [0, 0.1) is 5.41 Å². The molecule has 2 aromatic carbocycles. The summed E-state index contributed by atoms with van der Waals surface area (Å²) < 4.78 is 1.92. The van der Waals surface area contributed by atoms with Gasteiger partial charge in [0.05, 0.1) is 11.1 Å². The van der Waals surface area contributed by atoms with Gasteiger partial charge in [-0.1, -0.05) is 111 Å². The summed E-state index contributed by atoms with van der Waals surface area (Å²) in [5, 5.41) is 15.5. The summed E-state index contributed by atoms with van der Waals surface area (Å²) in [7, 11) is 0. The fourth-order valence-electron chi connectivity index (χ4n) is 4.60. The van der Waals surface area contributed by atoms with E-state index < -0.39 is 5.54 Å². The van der Waals surface area contributed by atoms with Gasteiger partial charge in [-0.05, 0) is 58.5 Å². The molecule has 1 saturated carbocycles. The number of aromatic nitrogens is 4. The third-order valence-corrected chi connectivity index (χ3v) is 7.70. The monoisotopic (exact) mass is 563 g/mol. The molecule has 0 radical (unpaired) electrons. The van der Waals surface area contributed by atoms with Crippen LogP contribution in [-0.4, -0.2) is 26.4 Å². The number of benzene rings is 2. The van der Waals surface area contributed by atoms with Crippen LogP contribution in [0.1, 0.15) is 75.9 Å². The fourth-order valence-corrected chi connectivity index (χ4v) is 5.53. The van der Waals surface area contributed by atoms with Crippen molar-refractivity contribution in [1.29, 1.82) is 0 Å². The first-order valence-electron chi connectivity index (χ1n) is 12.0. The van der Waals surface area contributed by atoms with Gasteiger partial charge in [0.15, 0.2) is 5.82 Å². The van der Waals surface area contributed by atoms with E-state index in [2.05, 4.69) is 42.4 Å². The largest absolute Gasteiger partial charge is 0.278 e. The van der Waals surface area contributed by atoms with E-state index >= 15 is 0 Å². The molecule has 36 heavy (non-hydrogen) atoms. The second kappa shape index (κ2) is 11.2. The molecule has 3 aromatic rings. The standard InChI is InChI=1S/C27H29Cl4N5/c1-26(2,3)24(12-9-18-7-10-20(28)15-22(18)30)36-25(33-34-35-36)27(13-5-4-6-14-27)32-17-19-8-11-21(29)16-23(19)31/h7-12,15-17,24H,4-6,13-14H2,1-3H3/b12-9-,32-17?/t24-/m0/s1. The van der Waals surface area contributed by atoms with E-state index in [-0.39, 0.29) is 11.5 Å². The molecule has 0 aliphatic heterocycles. The lowest BCUT2D eigenvalue weighted by molar-refractivity contribution is 0.228. The number of hydrogen-bond donors (Lipinski definition) is 0. The van der Waals surface area contributed by atoms with Gasteiger partial charge >= 0.3 is 0 Å². The maximum absolute atomic E-state index is 6.43. The fraction of sp³-hybridized carbons (Fsp3) is 0.407. The third kappa shape index (κ3) is 6.13. The van der Waals surface area contributed by atoms with Crippen LogP contribution in [0.4, 0.5) is 0 Å². The number of nitrogens with zero attached hydrogens (tertiary/aromatic N) is 5. The van der Waals surface area contributed by atoms with Crippen molar-refractivity contribution in [2.75, 3.05) is 0 Å². The molecular weight excluding hydrogens is 536 g/mol. The lowest BCUT2D eigenvalue weighted by atomic mass is 9.80. The van der Waals surface area contributed by atoms with Crippen LogP contribution in [0.3, 0.4) is 0 Å². The number of rotatable bonds is 6. The number of aliphatic imine (C=N–C) groups is 1. The predicted molar refractivity (Wildman–Crippen MR) is 151 cm³/mol. The zero-order valence-corrected chi connectivity index (χ0v) is 23.6. The van der Waals surface area contributed by atoms with E-state index in [1.165, 1.54) is 0 Å². The topological polar surface area (TPSA) is 56.0 Å². The van der Waals surface area contributed by atoms with Gasteiger partial charge < -0.3 is 0 Å². The van der Waals surface area contributed by atoms with Gasteiger partial charge in [0.25, 0.3) is 0 Å². The van der Waals surface area contributed by atoms with E-state index in [0.717, 1.165) is 49.1 Å². The average molecular weight is 565 g/mol. The molecule has 9 heteroatoms. The van der Waals surface area contributed by atoms with E-state index in [4.69, 9.17) is 51.4 Å². The van der Waals surface area contributed by atoms with Gasteiger partial charge in [-0.2, -0.15) is 0 Å². The highest BCUT2D eigenvalue weighted by Crippen LogP contribution is 2.42. The Bertz CT molecular complexity index is 1270. The first-order chi connectivity index (χ1) is 17.1. The molecular formula is C27H29Cl4N5. The van der Waals surface area contributed by atoms with Crippen LogP contribution >= 0.6 is 46.4 Å². The van der Waals surface area contributed by atoms with Crippen LogP contribution < -0.4 is 0 Å². The Morgan fingerprint density at radius 1 is 0.917 bits per heavy atom. The summed E-state index contributed by atoms with van der Waals surface area (Å²) in [6.45, 7) is 6.50. The summed E-state index contributed by atoms with van der Waals surface area (Å²) in [5.41, 5.74) is 0.973. The minimum atomic E-state index is -0.542. The Labute approximate surface area is 232 Å². The summed E-state index contributed by atoms with van der Waals surface area (Å²) in [6.07, 6.45) is 10.9. The Morgan fingerprint density at radius 2 is 1.53 bits per heavy atom. The van der Waals surface area contributed by atoms with Gasteiger partial charge in [-0.3, -0.25) is 4.99 Å². The Morgan fingerprint density at radius 3 is 2.11 bits per heavy atom. The molecule has 0 spiro atoms. The third-order valence-electron chi connectivity index (χ3n) is 6.57. The molecule has 1 aliphatic rings. The number of halogens is 4. The lowest BCUT2D eigenvalue weighted by Crippen LogP contribution is -2.35. The van der Waals surface area contributed by atoms with Gasteiger partial charge in [-0.25, -0.2) is 4.68 Å². The van der Waals surface area contributed by atoms with Crippen molar-refractivity contribution in [1.82, 2.24) is 20.2 Å². The maximum atomic E-state index is 6.43. The van der Waals surface area contributed by atoms with Crippen molar-refractivity contribution in [2.24, 2.45) is 10.4 Å². The second-order valence-corrected chi connectivity index (χ2v) is 12.0. The summed E-state index contributed by atoms with van der Waals surface area (Å²) in [5.74, 6) is 0.760. The highest BCUT2D eigenvalue weighted by molar-refractivity contribution is 6.36. The number of allylic oxidation sites excluding steroid dienone is 1. The summed E-state index contributed by atoms with van der Waals surface area (Å²) in [6, 6.07) is 10.8. The number of hydrogen-bond acceptors (Lipinski definition) is 4. The second-order valence-electron chi connectivity index (χ2n) is 10.3. The van der Waals surface area contributed by atoms with Crippen molar-refractivity contribution in [3.05, 3.63) is 79.5 Å². The van der Waals surface area contributed by atoms with Crippen molar-refractivity contribution in [3.8, 4) is 0 Å². The van der Waals surface area contributed by atoms with E-state index in [1.54, 1.807) is 12.1 Å². The smallest absolute Gasteiger partial charge is 0.179 e. The minimum absolute atomic E-state index is 0.137. The normalized spacial score (nSPS) is 17.2. The molecule has 0 unspecified atom stereocenters. The van der Waals surface area contributed by atoms with Gasteiger partial charge in [0.2, 0.25) is 0 Å². The van der Waals surface area contributed by atoms with Crippen molar-refractivity contribution < 1.29 is 0 Å². The van der Waals surface area contributed by atoms with Crippen LogP contribution in [0.5, 0.6) is 0 Å². The summed E-state index contributed by atoms with van der Waals surface area (Å²) >= 11 is 25.0. The van der Waals surface area contributed by atoms with Gasteiger partial charge in [0, 0.05) is 26.8 Å². The number of tetrazole rings is 1. The first kappa shape index (κ1) is 27.1. The molecule has 5 nitrogen and oxygen atoms in total. The molecule has 0 bridgehead atoms.